The lowest BCUT2D eigenvalue weighted by Gasteiger charge is -2.55. The Morgan fingerprint density at radius 3 is 1.94 bits per heavy atom. The molecule has 2 atom stereocenters. The number of ether oxygens (including phenoxy) is 1. The van der Waals surface area contributed by atoms with Gasteiger partial charge in [0, 0.05) is 31.5 Å². The predicted molar refractivity (Wildman–Crippen MR) is 115 cm³/mol. The second-order valence-corrected chi connectivity index (χ2v) is 8.62. The molecule has 1 heterocycles. The van der Waals surface area contributed by atoms with Crippen molar-refractivity contribution in [1.82, 2.24) is 4.90 Å². The van der Waals surface area contributed by atoms with Gasteiger partial charge >= 0.3 is 17.9 Å². The summed E-state index contributed by atoms with van der Waals surface area (Å²) in [7, 11) is 2.26. The third-order valence-electron chi connectivity index (χ3n) is 6.28. The van der Waals surface area contributed by atoms with Crippen LogP contribution < -0.4 is 0 Å². The van der Waals surface area contributed by atoms with E-state index in [9.17, 15) is 14.4 Å². The van der Waals surface area contributed by atoms with Crippen LogP contribution in [0, 0.1) is 11.8 Å². The number of hydrogen-bond acceptors (Lipinski definition) is 6. The average Bonchev–Trinajstić information content (AvgIpc) is 2.68. The van der Waals surface area contributed by atoms with Gasteiger partial charge in [0.15, 0.2) is 5.60 Å². The van der Waals surface area contributed by atoms with Gasteiger partial charge in [-0.2, -0.15) is 0 Å². The van der Waals surface area contributed by atoms with Crippen molar-refractivity contribution in [2.24, 2.45) is 11.8 Å². The topological polar surface area (TPSA) is 145 Å². The van der Waals surface area contributed by atoms with Crippen LogP contribution in [0.3, 0.4) is 0 Å². The number of piperidine rings is 1. The third kappa shape index (κ3) is 5.85. The number of aliphatic carboxylic acids is 3. The quantitative estimate of drug-likeness (QED) is 0.466. The zero-order chi connectivity index (χ0) is 23.9. The fraction of sp³-hybridized carbons (Fsp3) is 0.609. The summed E-state index contributed by atoms with van der Waals surface area (Å²) in [5, 5.41) is 33.8. The van der Waals surface area contributed by atoms with Crippen LogP contribution in [0.2, 0.25) is 0 Å². The minimum Gasteiger partial charge on any atom is -0.481 e. The van der Waals surface area contributed by atoms with Crippen molar-refractivity contribution < 1.29 is 39.5 Å². The van der Waals surface area contributed by atoms with Crippen molar-refractivity contribution in [3.8, 4) is 0 Å². The monoisotopic (exact) mass is 451 g/mol. The molecule has 9 nitrogen and oxygen atoms in total. The highest BCUT2D eigenvalue weighted by Crippen LogP contribution is 2.51. The van der Waals surface area contributed by atoms with E-state index in [0.717, 1.165) is 6.61 Å². The Kier molecular flexibility index (Phi) is 8.77. The van der Waals surface area contributed by atoms with E-state index in [1.807, 2.05) is 0 Å². The van der Waals surface area contributed by atoms with Crippen LogP contribution in [-0.2, 0) is 24.7 Å². The van der Waals surface area contributed by atoms with Crippen LogP contribution in [-0.4, -0.2) is 75.6 Å². The lowest BCUT2D eigenvalue weighted by Crippen LogP contribution is -2.58. The molecule has 2 aliphatic rings. The highest BCUT2D eigenvalue weighted by Gasteiger charge is 2.52. The molecular formula is C23H33NO8. The zero-order valence-corrected chi connectivity index (χ0v) is 18.6. The minimum atomic E-state index is -2.74. The molecule has 1 aliphatic carbocycles. The first-order valence-electron chi connectivity index (χ1n) is 10.8. The highest BCUT2D eigenvalue weighted by atomic mass is 16.5. The largest absolute Gasteiger partial charge is 0.481 e. The second kappa shape index (κ2) is 10.9. The van der Waals surface area contributed by atoms with E-state index in [-0.39, 0.29) is 5.60 Å². The van der Waals surface area contributed by atoms with Gasteiger partial charge in [-0.15, -0.1) is 0 Å². The summed E-state index contributed by atoms with van der Waals surface area (Å²) in [5.41, 5.74) is -1.36. The van der Waals surface area contributed by atoms with Gasteiger partial charge in [-0.05, 0) is 32.4 Å². The number of rotatable bonds is 8. The molecule has 1 saturated carbocycles. The number of fused-ring (bicyclic) bond motifs is 2. The van der Waals surface area contributed by atoms with Crippen LogP contribution in [0.4, 0.5) is 0 Å². The van der Waals surface area contributed by atoms with Gasteiger partial charge in [-0.1, -0.05) is 36.8 Å². The molecule has 1 saturated heterocycles. The molecule has 178 valence electrons. The minimum absolute atomic E-state index is 0.0270. The molecule has 1 aliphatic heterocycles. The molecular weight excluding hydrogens is 418 g/mol. The molecule has 2 bridgehead atoms. The van der Waals surface area contributed by atoms with Crippen LogP contribution >= 0.6 is 0 Å². The number of aliphatic hydroxyl groups is 1. The smallest absolute Gasteiger partial charge is 0.336 e. The Balaban J connectivity index is 0.000000247. The maximum atomic E-state index is 10.3. The molecule has 0 spiro atoms. The second-order valence-electron chi connectivity index (χ2n) is 8.62. The Hall–Kier alpha value is -2.49. The fourth-order valence-electron chi connectivity index (χ4n) is 5.10. The van der Waals surface area contributed by atoms with Gasteiger partial charge in [0.1, 0.15) is 5.60 Å². The van der Waals surface area contributed by atoms with Crippen molar-refractivity contribution in [2.45, 2.75) is 50.2 Å². The van der Waals surface area contributed by atoms with E-state index in [1.165, 1.54) is 37.9 Å². The Bertz CT molecular complexity index is 766. The van der Waals surface area contributed by atoms with E-state index in [4.69, 9.17) is 25.2 Å². The van der Waals surface area contributed by atoms with Crippen molar-refractivity contribution in [3.05, 3.63) is 35.9 Å². The standard InChI is InChI=1S/C17H25NO.C6H8O7/c1-3-19-17(14-8-5-4-6-9-14)15-10-7-11-16(17)13-18(2)12-15;7-3(8)1-6(13,5(11)12)2-4(9)10/h4-6,8-9,15-16H,3,7,10-13H2,1-2H3;13H,1-2H2,(H,7,8)(H,9,10)(H,11,12). The summed E-state index contributed by atoms with van der Waals surface area (Å²) in [6.07, 6.45) is 1.68. The van der Waals surface area contributed by atoms with E-state index >= 15 is 0 Å². The molecule has 0 amide bonds. The van der Waals surface area contributed by atoms with Gasteiger partial charge in [0.2, 0.25) is 0 Å². The number of carboxylic acids is 3. The summed E-state index contributed by atoms with van der Waals surface area (Å²) >= 11 is 0. The van der Waals surface area contributed by atoms with Gasteiger partial charge < -0.3 is 30.1 Å². The third-order valence-corrected chi connectivity index (χ3v) is 6.28. The van der Waals surface area contributed by atoms with Crippen LogP contribution in [0.25, 0.3) is 0 Å². The van der Waals surface area contributed by atoms with E-state index < -0.39 is 36.4 Å². The summed E-state index contributed by atoms with van der Waals surface area (Å²) in [6.45, 7) is 5.29. The number of carboxylic acid groups (broad SMARTS) is 3. The van der Waals surface area contributed by atoms with Crippen LogP contribution in [0.15, 0.2) is 30.3 Å². The molecule has 0 aromatic heterocycles. The molecule has 3 rings (SSSR count). The molecule has 1 aromatic rings. The molecule has 2 fully saturated rings. The zero-order valence-electron chi connectivity index (χ0n) is 18.6. The Morgan fingerprint density at radius 2 is 1.53 bits per heavy atom. The predicted octanol–water partition coefficient (Wildman–Crippen LogP) is 2.03. The van der Waals surface area contributed by atoms with E-state index in [0.29, 0.717) is 11.8 Å². The highest BCUT2D eigenvalue weighted by molar-refractivity contribution is 5.88. The van der Waals surface area contributed by atoms with Gasteiger partial charge in [0.05, 0.1) is 12.8 Å². The molecule has 1 aromatic carbocycles. The molecule has 9 heteroatoms. The lowest BCUT2D eigenvalue weighted by atomic mass is 9.62. The van der Waals surface area contributed by atoms with Gasteiger partial charge in [-0.25, -0.2) is 4.79 Å². The Labute approximate surface area is 187 Å². The number of benzene rings is 1. The van der Waals surface area contributed by atoms with Gasteiger partial charge in [0.25, 0.3) is 0 Å². The fourth-order valence-corrected chi connectivity index (χ4v) is 5.10. The van der Waals surface area contributed by atoms with Crippen molar-refractivity contribution >= 4 is 17.9 Å². The van der Waals surface area contributed by atoms with Crippen LogP contribution in [0.1, 0.15) is 44.6 Å². The number of hydrogen-bond donors (Lipinski definition) is 4. The van der Waals surface area contributed by atoms with Crippen molar-refractivity contribution in [1.29, 1.82) is 0 Å². The molecule has 32 heavy (non-hydrogen) atoms. The molecule has 0 radical (unpaired) electrons. The van der Waals surface area contributed by atoms with Gasteiger partial charge in [-0.3, -0.25) is 9.59 Å². The molecule has 4 N–H and O–H groups in total. The SMILES string of the molecule is CCOC1(c2ccccc2)C2CCCC1CN(C)C2.O=C(O)CC(O)(CC(=O)O)C(=O)O. The normalized spacial score (nSPS) is 25.3. The summed E-state index contributed by atoms with van der Waals surface area (Å²) in [6, 6.07) is 11.0. The van der Waals surface area contributed by atoms with E-state index in [2.05, 4.69) is 49.2 Å². The summed E-state index contributed by atoms with van der Waals surface area (Å²) < 4.78 is 6.45. The number of likely N-dealkylation sites (tertiary alicyclic amines) is 1. The van der Waals surface area contributed by atoms with E-state index in [1.54, 1.807) is 0 Å². The number of carbonyl (C=O) groups is 3. The van der Waals surface area contributed by atoms with Crippen molar-refractivity contribution in [3.63, 3.8) is 0 Å². The maximum Gasteiger partial charge on any atom is 0.336 e. The first-order chi connectivity index (χ1) is 15.0. The average molecular weight is 452 g/mol. The first-order valence-corrected chi connectivity index (χ1v) is 10.8. The van der Waals surface area contributed by atoms with Crippen molar-refractivity contribution in [2.75, 3.05) is 26.7 Å². The van der Waals surface area contributed by atoms with Crippen LogP contribution in [0.5, 0.6) is 0 Å². The lowest BCUT2D eigenvalue weighted by molar-refractivity contribution is -0.180. The first kappa shape index (κ1) is 25.8. The summed E-state index contributed by atoms with van der Waals surface area (Å²) in [5.74, 6) is -3.73. The Morgan fingerprint density at radius 1 is 1.03 bits per heavy atom. The molecule has 2 unspecified atom stereocenters. The summed E-state index contributed by atoms with van der Waals surface area (Å²) in [4.78, 5) is 33.0. The number of nitrogens with zero attached hydrogens (tertiary/aromatic N) is 1. The maximum absolute atomic E-state index is 10.3.